The summed E-state index contributed by atoms with van der Waals surface area (Å²) < 4.78 is 1.78. The highest BCUT2D eigenvalue weighted by Crippen LogP contribution is 2.31. The summed E-state index contributed by atoms with van der Waals surface area (Å²) in [6.07, 6.45) is 3.95. The zero-order valence-electron chi connectivity index (χ0n) is 14.4. The first kappa shape index (κ1) is 19.8. The van der Waals surface area contributed by atoms with E-state index >= 15 is 0 Å². The summed E-state index contributed by atoms with van der Waals surface area (Å²) in [5.41, 5.74) is 8.37. The molecule has 1 heterocycles. The van der Waals surface area contributed by atoms with Gasteiger partial charge in [0.2, 0.25) is 0 Å². The van der Waals surface area contributed by atoms with Crippen LogP contribution >= 0.6 is 24.0 Å². The van der Waals surface area contributed by atoms with E-state index in [1.54, 1.807) is 10.9 Å². The highest BCUT2D eigenvalue weighted by molar-refractivity contribution is 6.30. The number of halogens is 2. The molecule has 1 atom stereocenters. The molecule has 1 aliphatic rings. The molecule has 1 unspecified atom stereocenters. The Hall–Kier alpha value is -1.56. The lowest BCUT2D eigenvalue weighted by atomic mass is 10.0. The van der Waals surface area contributed by atoms with Crippen molar-refractivity contribution in [1.82, 2.24) is 15.1 Å². The Labute approximate surface area is 159 Å². The number of carbonyl (C=O) groups is 1. The van der Waals surface area contributed by atoms with E-state index < -0.39 is 0 Å². The number of hydrogen-bond donors (Lipinski definition) is 2. The van der Waals surface area contributed by atoms with Crippen LogP contribution in [0.2, 0.25) is 5.02 Å². The Balaban J connectivity index is 0.00000225. The van der Waals surface area contributed by atoms with E-state index in [9.17, 15) is 4.79 Å². The fourth-order valence-electron chi connectivity index (χ4n) is 2.90. The first-order valence-corrected chi connectivity index (χ1v) is 8.72. The van der Waals surface area contributed by atoms with Crippen molar-refractivity contribution in [3.05, 3.63) is 46.7 Å². The number of hydrogen-bond acceptors (Lipinski definition) is 3. The summed E-state index contributed by atoms with van der Waals surface area (Å²) in [5, 5.41) is 8.00. The summed E-state index contributed by atoms with van der Waals surface area (Å²) in [6.45, 7) is 4.60. The van der Waals surface area contributed by atoms with Crippen LogP contribution in [-0.2, 0) is 0 Å². The number of amides is 1. The third-order valence-corrected chi connectivity index (χ3v) is 4.61. The molecule has 2 aromatic rings. The fourth-order valence-corrected chi connectivity index (χ4v) is 3.08. The van der Waals surface area contributed by atoms with Crippen LogP contribution in [0.1, 0.15) is 48.7 Å². The zero-order valence-corrected chi connectivity index (χ0v) is 16.0. The molecule has 0 spiro atoms. The van der Waals surface area contributed by atoms with Gasteiger partial charge in [-0.2, -0.15) is 5.10 Å². The maximum absolute atomic E-state index is 12.6. The van der Waals surface area contributed by atoms with E-state index in [0.29, 0.717) is 23.0 Å². The maximum Gasteiger partial charge on any atom is 0.254 e. The predicted molar refractivity (Wildman–Crippen MR) is 103 cm³/mol. The second kappa shape index (κ2) is 8.21. The van der Waals surface area contributed by atoms with E-state index in [4.69, 9.17) is 17.3 Å². The van der Waals surface area contributed by atoms with Gasteiger partial charge in [0, 0.05) is 17.6 Å². The number of nitrogens with zero attached hydrogens (tertiary/aromatic N) is 2. The molecule has 0 aliphatic heterocycles. The van der Waals surface area contributed by atoms with Crippen molar-refractivity contribution >= 4 is 29.9 Å². The van der Waals surface area contributed by atoms with E-state index in [2.05, 4.69) is 10.4 Å². The van der Waals surface area contributed by atoms with E-state index in [1.165, 1.54) is 12.8 Å². The van der Waals surface area contributed by atoms with Crippen molar-refractivity contribution in [3.8, 4) is 5.69 Å². The zero-order chi connectivity index (χ0) is 17.3. The van der Waals surface area contributed by atoms with E-state index in [0.717, 1.165) is 11.4 Å². The molecule has 1 saturated carbocycles. The van der Waals surface area contributed by atoms with Crippen LogP contribution in [0.3, 0.4) is 0 Å². The molecule has 3 rings (SSSR count). The third kappa shape index (κ3) is 4.54. The molecule has 3 N–H and O–H groups in total. The largest absolute Gasteiger partial charge is 0.350 e. The second-order valence-corrected chi connectivity index (χ2v) is 7.14. The SMILES string of the molecule is CC(C)c1c(C(=O)NCC(N)C2CC2)cnn1-c1cccc(Cl)c1.Cl. The van der Waals surface area contributed by atoms with Crippen molar-refractivity contribution in [2.45, 2.75) is 38.6 Å². The second-order valence-electron chi connectivity index (χ2n) is 6.70. The minimum absolute atomic E-state index is 0. The van der Waals surface area contributed by atoms with Crippen LogP contribution in [0.15, 0.2) is 30.5 Å². The quantitative estimate of drug-likeness (QED) is 0.802. The van der Waals surface area contributed by atoms with Crippen LogP contribution in [0, 0.1) is 5.92 Å². The van der Waals surface area contributed by atoms with Gasteiger partial charge in [0.25, 0.3) is 5.91 Å². The van der Waals surface area contributed by atoms with Gasteiger partial charge in [-0.15, -0.1) is 12.4 Å². The number of carbonyl (C=O) groups excluding carboxylic acids is 1. The van der Waals surface area contributed by atoms with Gasteiger partial charge in [0.1, 0.15) is 0 Å². The molecule has 1 amide bonds. The van der Waals surface area contributed by atoms with Gasteiger partial charge < -0.3 is 11.1 Å². The van der Waals surface area contributed by atoms with Crippen LogP contribution < -0.4 is 11.1 Å². The maximum atomic E-state index is 12.6. The Morgan fingerprint density at radius 2 is 2.16 bits per heavy atom. The monoisotopic (exact) mass is 382 g/mol. The van der Waals surface area contributed by atoms with E-state index in [-0.39, 0.29) is 30.3 Å². The topological polar surface area (TPSA) is 72.9 Å². The van der Waals surface area contributed by atoms with Crippen molar-refractivity contribution in [2.75, 3.05) is 6.54 Å². The Morgan fingerprint density at radius 3 is 2.76 bits per heavy atom. The van der Waals surface area contributed by atoms with Gasteiger partial charge in [0.15, 0.2) is 0 Å². The molecule has 1 aromatic carbocycles. The number of rotatable bonds is 6. The van der Waals surface area contributed by atoms with Gasteiger partial charge in [0.05, 0.1) is 23.1 Å². The highest BCUT2D eigenvalue weighted by atomic mass is 35.5. The molecule has 25 heavy (non-hydrogen) atoms. The standard InChI is InChI=1S/C18H23ClN4O.ClH/c1-11(2)17-15(18(24)21-10-16(20)12-6-7-12)9-22-23(17)14-5-3-4-13(19)8-14;/h3-5,8-9,11-12,16H,6-7,10,20H2,1-2H3,(H,21,24);1H. The molecule has 136 valence electrons. The fraction of sp³-hybridized carbons (Fsp3) is 0.444. The normalized spacial score (nSPS) is 14.9. The van der Waals surface area contributed by atoms with E-state index in [1.807, 2.05) is 38.1 Å². The van der Waals surface area contributed by atoms with Crippen LogP contribution in [0.25, 0.3) is 5.69 Å². The van der Waals surface area contributed by atoms with Gasteiger partial charge in [-0.1, -0.05) is 31.5 Å². The first-order valence-electron chi connectivity index (χ1n) is 8.35. The number of aromatic nitrogens is 2. The molecule has 0 bridgehead atoms. The smallest absolute Gasteiger partial charge is 0.254 e. The Morgan fingerprint density at radius 1 is 1.44 bits per heavy atom. The minimum Gasteiger partial charge on any atom is -0.350 e. The number of benzene rings is 1. The van der Waals surface area contributed by atoms with Gasteiger partial charge in [-0.05, 0) is 42.9 Å². The van der Waals surface area contributed by atoms with Crippen LogP contribution in [0.5, 0.6) is 0 Å². The van der Waals surface area contributed by atoms with Gasteiger partial charge >= 0.3 is 0 Å². The molecular formula is C18H24Cl2N4O. The molecule has 1 aromatic heterocycles. The predicted octanol–water partition coefficient (Wildman–Crippen LogP) is 3.54. The van der Waals surface area contributed by atoms with Crippen LogP contribution in [0.4, 0.5) is 0 Å². The van der Waals surface area contributed by atoms with Crippen molar-refractivity contribution in [1.29, 1.82) is 0 Å². The third-order valence-electron chi connectivity index (χ3n) is 4.38. The lowest BCUT2D eigenvalue weighted by Gasteiger charge is -2.14. The summed E-state index contributed by atoms with van der Waals surface area (Å²) in [6, 6.07) is 7.49. The highest BCUT2D eigenvalue weighted by Gasteiger charge is 2.29. The van der Waals surface area contributed by atoms with Crippen LogP contribution in [-0.4, -0.2) is 28.3 Å². The molecule has 5 nitrogen and oxygen atoms in total. The van der Waals surface area contributed by atoms with Gasteiger partial charge in [-0.25, -0.2) is 4.68 Å². The lowest BCUT2D eigenvalue weighted by molar-refractivity contribution is 0.0949. The minimum atomic E-state index is -0.122. The molecule has 0 radical (unpaired) electrons. The Bertz CT molecular complexity index is 740. The Kier molecular flexibility index (Phi) is 6.49. The number of nitrogens with two attached hydrogens (primary N) is 1. The lowest BCUT2D eigenvalue weighted by Crippen LogP contribution is -2.38. The molecular weight excluding hydrogens is 359 g/mol. The summed E-state index contributed by atoms with van der Waals surface area (Å²) in [5.74, 6) is 0.580. The van der Waals surface area contributed by atoms with Crippen molar-refractivity contribution in [2.24, 2.45) is 11.7 Å². The molecule has 0 saturated heterocycles. The summed E-state index contributed by atoms with van der Waals surface area (Å²) in [4.78, 5) is 12.6. The summed E-state index contributed by atoms with van der Waals surface area (Å²) in [7, 11) is 0. The first-order chi connectivity index (χ1) is 11.5. The number of nitrogens with one attached hydrogen (secondary N) is 1. The average Bonchev–Trinajstić information content (AvgIpc) is 3.30. The molecule has 7 heteroatoms. The van der Waals surface area contributed by atoms with Crippen molar-refractivity contribution in [3.63, 3.8) is 0 Å². The summed E-state index contributed by atoms with van der Waals surface area (Å²) >= 11 is 6.08. The van der Waals surface area contributed by atoms with Crippen molar-refractivity contribution < 1.29 is 4.79 Å². The average molecular weight is 383 g/mol. The molecule has 1 aliphatic carbocycles. The molecule has 1 fully saturated rings. The van der Waals surface area contributed by atoms with Gasteiger partial charge in [-0.3, -0.25) is 4.79 Å².